The Morgan fingerprint density at radius 2 is 2.13 bits per heavy atom. The molecule has 0 aliphatic carbocycles. The van der Waals surface area contributed by atoms with Gasteiger partial charge in [-0.1, -0.05) is 36.4 Å². The van der Waals surface area contributed by atoms with Crippen LogP contribution in [0.25, 0.3) is 10.9 Å². The average molecular weight is 303 g/mol. The minimum absolute atomic E-state index is 0.0169. The first kappa shape index (κ1) is 14.1. The maximum atomic E-state index is 12.6. The first-order valence-corrected chi connectivity index (χ1v) is 7.51. The second-order valence-corrected chi connectivity index (χ2v) is 5.66. The highest BCUT2D eigenvalue weighted by Gasteiger charge is 2.28. The van der Waals surface area contributed by atoms with Gasteiger partial charge in [0.15, 0.2) is 5.78 Å². The maximum absolute atomic E-state index is 12.6. The molecule has 0 radical (unpaired) electrons. The minimum atomic E-state index is -0.931. The van der Waals surface area contributed by atoms with Crippen LogP contribution in [-0.2, 0) is 17.7 Å². The number of benzene rings is 2. The lowest BCUT2D eigenvalue weighted by Crippen LogP contribution is -2.28. The summed E-state index contributed by atoms with van der Waals surface area (Å²) >= 11 is 0. The van der Waals surface area contributed by atoms with Gasteiger partial charge in [-0.05, 0) is 28.7 Å². The standard InChI is InChI=1S/C18H14BNO3/c21-18(13-6-7-14-11-23-19(22)16(14)9-13)10-12-3-1-5-17-15(12)4-2-8-20-17/h1-9,22H,10-11H2. The Balaban J connectivity index is 1.66. The summed E-state index contributed by atoms with van der Waals surface area (Å²) in [6.45, 7) is 0.389. The number of carbonyl (C=O) groups excluding carboxylic acids is 1. The highest BCUT2D eigenvalue weighted by Crippen LogP contribution is 2.19. The zero-order valence-corrected chi connectivity index (χ0v) is 12.4. The van der Waals surface area contributed by atoms with E-state index >= 15 is 0 Å². The maximum Gasteiger partial charge on any atom is 0.491 e. The highest BCUT2D eigenvalue weighted by molar-refractivity contribution is 6.61. The van der Waals surface area contributed by atoms with E-state index in [1.165, 1.54) is 0 Å². The molecule has 1 aliphatic rings. The summed E-state index contributed by atoms with van der Waals surface area (Å²) in [4.78, 5) is 16.9. The van der Waals surface area contributed by atoms with Gasteiger partial charge < -0.3 is 9.68 Å². The van der Waals surface area contributed by atoms with Gasteiger partial charge >= 0.3 is 7.12 Å². The first-order valence-electron chi connectivity index (χ1n) is 7.51. The van der Waals surface area contributed by atoms with Gasteiger partial charge in [0.05, 0.1) is 12.1 Å². The van der Waals surface area contributed by atoms with Crippen LogP contribution in [0.4, 0.5) is 0 Å². The number of hydrogen-bond donors (Lipinski definition) is 1. The smallest absolute Gasteiger partial charge is 0.423 e. The number of carbonyl (C=O) groups is 1. The topological polar surface area (TPSA) is 59.4 Å². The second kappa shape index (κ2) is 5.61. The van der Waals surface area contributed by atoms with Crippen LogP contribution in [-0.4, -0.2) is 22.9 Å². The van der Waals surface area contributed by atoms with Crippen LogP contribution < -0.4 is 5.46 Å². The summed E-state index contributed by atoms with van der Waals surface area (Å²) in [5, 5.41) is 10.8. The fraction of sp³-hybridized carbons (Fsp3) is 0.111. The molecule has 1 aromatic heterocycles. The number of pyridine rings is 1. The Morgan fingerprint density at radius 1 is 1.22 bits per heavy atom. The molecule has 0 bridgehead atoms. The van der Waals surface area contributed by atoms with Gasteiger partial charge in [-0.2, -0.15) is 0 Å². The van der Waals surface area contributed by atoms with Gasteiger partial charge in [0.25, 0.3) is 0 Å². The van der Waals surface area contributed by atoms with Gasteiger partial charge in [0.1, 0.15) is 0 Å². The number of hydrogen-bond acceptors (Lipinski definition) is 4. The van der Waals surface area contributed by atoms with E-state index in [9.17, 15) is 9.82 Å². The molecular formula is C18H14BNO3. The van der Waals surface area contributed by atoms with Crippen LogP contribution in [0.2, 0.25) is 0 Å². The van der Waals surface area contributed by atoms with Crippen molar-refractivity contribution in [1.29, 1.82) is 0 Å². The van der Waals surface area contributed by atoms with E-state index in [4.69, 9.17) is 4.65 Å². The van der Waals surface area contributed by atoms with Crippen molar-refractivity contribution in [2.45, 2.75) is 13.0 Å². The summed E-state index contributed by atoms with van der Waals surface area (Å²) in [5.74, 6) is 0.0169. The van der Waals surface area contributed by atoms with Gasteiger partial charge in [-0.15, -0.1) is 0 Å². The molecule has 0 unspecified atom stereocenters. The molecule has 4 rings (SSSR count). The lowest BCUT2D eigenvalue weighted by atomic mass is 9.78. The predicted molar refractivity (Wildman–Crippen MR) is 88.6 cm³/mol. The third kappa shape index (κ3) is 2.54. The molecule has 2 heterocycles. The summed E-state index contributed by atoms with van der Waals surface area (Å²) in [5.41, 5.74) is 4.06. The van der Waals surface area contributed by atoms with E-state index < -0.39 is 7.12 Å². The molecule has 5 heteroatoms. The van der Waals surface area contributed by atoms with Gasteiger partial charge in [-0.25, -0.2) is 0 Å². The molecule has 23 heavy (non-hydrogen) atoms. The van der Waals surface area contributed by atoms with Crippen LogP contribution in [0.1, 0.15) is 21.5 Å². The minimum Gasteiger partial charge on any atom is -0.423 e. The largest absolute Gasteiger partial charge is 0.491 e. The van der Waals surface area contributed by atoms with E-state index in [1.54, 1.807) is 18.3 Å². The number of fused-ring (bicyclic) bond motifs is 2. The van der Waals surface area contributed by atoms with Crippen molar-refractivity contribution in [3.05, 3.63) is 71.4 Å². The monoisotopic (exact) mass is 303 g/mol. The van der Waals surface area contributed by atoms with Gasteiger partial charge in [-0.3, -0.25) is 9.78 Å². The third-order valence-electron chi connectivity index (χ3n) is 4.22. The van der Waals surface area contributed by atoms with E-state index in [0.29, 0.717) is 24.1 Å². The van der Waals surface area contributed by atoms with E-state index in [2.05, 4.69) is 4.98 Å². The Labute approximate surface area is 133 Å². The van der Waals surface area contributed by atoms with E-state index in [0.717, 1.165) is 22.0 Å². The molecule has 4 nitrogen and oxygen atoms in total. The number of rotatable bonds is 3. The van der Waals surface area contributed by atoms with Crippen LogP contribution in [0.5, 0.6) is 0 Å². The highest BCUT2D eigenvalue weighted by atomic mass is 16.5. The Kier molecular flexibility index (Phi) is 3.44. The van der Waals surface area contributed by atoms with Crippen LogP contribution in [0.15, 0.2) is 54.7 Å². The molecule has 3 aromatic rings. The number of ketones is 1. The summed E-state index contributed by atoms with van der Waals surface area (Å²) < 4.78 is 5.17. The molecule has 1 aliphatic heterocycles. The fourth-order valence-corrected chi connectivity index (χ4v) is 2.98. The molecular weight excluding hydrogens is 289 g/mol. The summed E-state index contributed by atoms with van der Waals surface area (Å²) in [6.07, 6.45) is 2.05. The summed E-state index contributed by atoms with van der Waals surface area (Å²) in [7, 11) is -0.931. The average Bonchev–Trinajstić information content (AvgIpc) is 2.96. The fourth-order valence-electron chi connectivity index (χ4n) is 2.98. The molecule has 0 amide bonds. The van der Waals surface area contributed by atoms with Crippen molar-refractivity contribution in [2.24, 2.45) is 0 Å². The van der Waals surface area contributed by atoms with Crippen molar-refractivity contribution < 1.29 is 14.5 Å². The van der Waals surface area contributed by atoms with Crippen molar-refractivity contribution in [1.82, 2.24) is 4.98 Å². The molecule has 2 aromatic carbocycles. The number of Topliss-reactive ketones (excluding diaryl/α,β-unsaturated/α-hetero) is 1. The Bertz CT molecular complexity index is 904. The van der Waals surface area contributed by atoms with Crippen molar-refractivity contribution in [3.63, 3.8) is 0 Å². The Hall–Kier alpha value is -2.50. The van der Waals surface area contributed by atoms with Crippen molar-refractivity contribution >= 4 is 29.3 Å². The number of nitrogens with zero attached hydrogens (tertiary/aromatic N) is 1. The van der Waals surface area contributed by atoms with Crippen molar-refractivity contribution in [2.75, 3.05) is 0 Å². The van der Waals surface area contributed by atoms with Crippen LogP contribution in [0.3, 0.4) is 0 Å². The van der Waals surface area contributed by atoms with Crippen molar-refractivity contribution in [3.8, 4) is 0 Å². The van der Waals surface area contributed by atoms with E-state index in [-0.39, 0.29) is 5.78 Å². The molecule has 112 valence electrons. The first-order chi connectivity index (χ1) is 11.2. The van der Waals surface area contributed by atoms with Gasteiger partial charge in [0, 0.05) is 23.6 Å². The molecule has 1 N–H and O–H groups in total. The zero-order chi connectivity index (χ0) is 15.8. The lowest BCUT2D eigenvalue weighted by molar-refractivity contribution is 0.0993. The molecule has 0 fully saturated rings. The molecule has 0 spiro atoms. The Morgan fingerprint density at radius 3 is 3.04 bits per heavy atom. The molecule has 0 saturated carbocycles. The summed E-state index contributed by atoms with van der Waals surface area (Å²) in [6, 6.07) is 15.0. The second-order valence-electron chi connectivity index (χ2n) is 5.66. The van der Waals surface area contributed by atoms with Crippen LogP contribution >= 0.6 is 0 Å². The lowest BCUT2D eigenvalue weighted by Gasteiger charge is -2.07. The predicted octanol–water partition coefficient (Wildman–Crippen LogP) is 1.88. The van der Waals surface area contributed by atoms with E-state index in [1.807, 2.05) is 36.4 Å². The zero-order valence-electron chi connectivity index (χ0n) is 12.4. The van der Waals surface area contributed by atoms with Gasteiger partial charge in [0.2, 0.25) is 0 Å². The molecule has 0 atom stereocenters. The molecule has 0 saturated heterocycles. The third-order valence-corrected chi connectivity index (χ3v) is 4.22. The quantitative estimate of drug-likeness (QED) is 0.593. The van der Waals surface area contributed by atoms with Crippen LogP contribution in [0, 0.1) is 0 Å². The normalized spacial score (nSPS) is 13.3. The SMILES string of the molecule is O=C(Cc1cccc2ncccc12)c1ccc2c(c1)B(O)OC2. The number of aromatic nitrogens is 1.